The van der Waals surface area contributed by atoms with Crippen LogP contribution in [0.5, 0.6) is 11.5 Å². The van der Waals surface area contributed by atoms with Gasteiger partial charge in [0.2, 0.25) is 0 Å². The molecule has 1 heterocycles. The first-order chi connectivity index (χ1) is 6.40. The minimum Gasteiger partial charge on any atom is -0.497 e. The van der Waals surface area contributed by atoms with Gasteiger partial charge in [-0.05, 0) is 30.4 Å². The molecule has 1 aliphatic heterocycles. The molecule has 0 atom stereocenters. The predicted octanol–water partition coefficient (Wildman–Crippen LogP) is 2.29. The summed E-state index contributed by atoms with van der Waals surface area (Å²) in [5.41, 5.74) is 1.04. The summed E-state index contributed by atoms with van der Waals surface area (Å²) in [7, 11) is 1.66. The molecular weight excluding hydrogens is 164 g/mol. The lowest BCUT2D eigenvalue weighted by atomic mass is 10.2. The number of benzene rings is 1. The van der Waals surface area contributed by atoms with Crippen LogP contribution in [0.1, 0.15) is 12.0 Å². The van der Waals surface area contributed by atoms with Crippen LogP contribution < -0.4 is 9.47 Å². The lowest BCUT2D eigenvalue weighted by Gasteiger charge is -2.07. The molecule has 0 spiro atoms. The van der Waals surface area contributed by atoms with Gasteiger partial charge in [-0.3, -0.25) is 0 Å². The Hall–Kier alpha value is -1.44. The Kier molecular flexibility index (Phi) is 2.21. The minimum atomic E-state index is 0.704. The smallest absolute Gasteiger partial charge is 0.126 e. The summed E-state index contributed by atoms with van der Waals surface area (Å²) in [4.78, 5) is 0. The van der Waals surface area contributed by atoms with Crippen LogP contribution in [0.3, 0.4) is 0 Å². The molecule has 0 aromatic heterocycles. The second-order valence-electron chi connectivity index (χ2n) is 2.85. The van der Waals surface area contributed by atoms with Crippen molar-refractivity contribution in [3.8, 4) is 11.5 Å². The highest BCUT2D eigenvalue weighted by Crippen LogP contribution is 2.26. The van der Waals surface area contributed by atoms with Crippen molar-refractivity contribution in [3.63, 3.8) is 0 Å². The molecule has 2 nitrogen and oxygen atoms in total. The van der Waals surface area contributed by atoms with Crippen molar-refractivity contribution < 1.29 is 9.47 Å². The Balaban J connectivity index is 2.41. The fourth-order valence-electron chi connectivity index (χ4n) is 1.30. The molecule has 1 aromatic carbocycles. The Morgan fingerprint density at radius 1 is 1.46 bits per heavy atom. The van der Waals surface area contributed by atoms with Gasteiger partial charge in [0.25, 0.3) is 0 Å². The first-order valence-corrected chi connectivity index (χ1v) is 4.27. The summed E-state index contributed by atoms with van der Waals surface area (Å²) >= 11 is 0. The molecule has 0 saturated carbocycles. The molecule has 0 N–H and O–H groups in total. The van der Waals surface area contributed by atoms with Crippen LogP contribution in [0.25, 0.3) is 6.08 Å². The first-order valence-electron chi connectivity index (χ1n) is 4.27. The molecule has 2 heteroatoms. The highest BCUT2D eigenvalue weighted by molar-refractivity contribution is 5.59. The molecule has 0 fully saturated rings. The van der Waals surface area contributed by atoms with E-state index in [0.717, 1.165) is 23.5 Å². The van der Waals surface area contributed by atoms with Gasteiger partial charge >= 0.3 is 0 Å². The van der Waals surface area contributed by atoms with Crippen molar-refractivity contribution in [1.29, 1.82) is 0 Å². The van der Waals surface area contributed by atoms with Crippen molar-refractivity contribution in [1.82, 2.24) is 0 Å². The average molecular weight is 175 g/mol. The molecule has 0 amide bonds. The molecular formula is C11H11O2. The number of rotatable bonds is 1. The van der Waals surface area contributed by atoms with Gasteiger partial charge in [0, 0.05) is 12.0 Å². The summed E-state index contributed by atoms with van der Waals surface area (Å²) in [6, 6.07) is 5.78. The van der Waals surface area contributed by atoms with Gasteiger partial charge in [0.15, 0.2) is 0 Å². The molecule has 1 radical (unpaired) electrons. The lowest BCUT2D eigenvalue weighted by Crippen LogP contribution is -1.95. The van der Waals surface area contributed by atoms with Crippen LogP contribution in [0.4, 0.5) is 0 Å². The second kappa shape index (κ2) is 3.52. The van der Waals surface area contributed by atoms with Crippen LogP contribution in [0, 0.1) is 6.08 Å². The van der Waals surface area contributed by atoms with E-state index in [1.54, 1.807) is 7.11 Å². The highest BCUT2D eigenvalue weighted by Gasteiger charge is 2.05. The van der Waals surface area contributed by atoms with Gasteiger partial charge in [0.05, 0.1) is 13.7 Å². The van der Waals surface area contributed by atoms with Crippen LogP contribution in [-0.2, 0) is 0 Å². The van der Waals surface area contributed by atoms with E-state index in [1.165, 1.54) is 0 Å². The van der Waals surface area contributed by atoms with Crippen LogP contribution in [0.15, 0.2) is 18.2 Å². The van der Waals surface area contributed by atoms with Crippen LogP contribution in [-0.4, -0.2) is 13.7 Å². The molecule has 0 bridgehead atoms. The molecule has 0 aliphatic carbocycles. The van der Waals surface area contributed by atoms with Crippen LogP contribution in [0.2, 0.25) is 0 Å². The third kappa shape index (κ3) is 1.66. The number of hydrogen-bond acceptors (Lipinski definition) is 2. The van der Waals surface area contributed by atoms with E-state index < -0.39 is 0 Å². The maximum absolute atomic E-state index is 5.50. The number of hydrogen-bond donors (Lipinski definition) is 0. The van der Waals surface area contributed by atoms with E-state index in [2.05, 4.69) is 6.08 Å². The summed E-state index contributed by atoms with van der Waals surface area (Å²) in [5, 5.41) is 0. The fraction of sp³-hybridized carbons (Fsp3) is 0.273. The topological polar surface area (TPSA) is 18.5 Å². The van der Waals surface area contributed by atoms with E-state index in [9.17, 15) is 0 Å². The maximum atomic E-state index is 5.50. The third-order valence-corrected chi connectivity index (χ3v) is 1.98. The standard InChI is InChI=1S/C11H11O2/c1-12-10-5-6-11-9(8-10)4-2-3-7-13-11/h4-6,8H,3,7H2,1H3. The maximum Gasteiger partial charge on any atom is 0.126 e. The van der Waals surface area contributed by atoms with Gasteiger partial charge in [-0.1, -0.05) is 0 Å². The second-order valence-corrected chi connectivity index (χ2v) is 2.85. The number of fused-ring (bicyclic) bond motifs is 1. The zero-order valence-corrected chi connectivity index (χ0v) is 7.54. The van der Waals surface area contributed by atoms with Crippen molar-refractivity contribution in [2.24, 2.45) is 0 Å². The van der Waals surface area contributed by atoms with Gasteiger partial charge in [-0.15, -0.1) is 0 Å². The normalized spacial score (nSPS) is 14.2. The summed E-state index contributed by atoms with van der Waals surface area (Å²) in [5.74, 6) is 1.76. The zero-order valence-electron chi connectivity index (χ0n) is 7.54. The van der Waals surface area contributed by atoms with Gasteiger partial charge < -0.3 is 9.47 Å². The molecule has 2 rings (SSSR count). The molecule has 1 aromatic rings. The van der Waals surface area contributed by atoms with Crippen molar-refractivity contribution >= 4 is 6.08 Å². The Morgan fingerprint density at radius 2 is 2.38 bits per heavy atom. The van der Waals surface area contributed by atoms with Gasteiger partial charge in [-0.2, -0.15) is 0 Å². The quantitative estimate of drug-likeness (QED) is 0.652. The van der Waals surface area contributed by atoms with Gasteiger partial charge in [0.1, 0.15) is 11.5 Å². The highest BCUT2D eigenvalue weighted by atomic mass is 16.5. The summed E-state index contributed by atoms with van der Waals surface area (Å²) in [6.07, 6.45) is 5.94. The molecule has 67 valence electrons. The minimum absolute atomic E-state index is 0.704. The first kappa shape index (κ1) is 8.17. The van der Waals surface area contributed by atoms with Gasteiger partial charge in [-0.25, -0.2) is 0 Å². The van der Waals surface area contributed by atoms with E-state index in [0.29, 0.717) is 6.61 Å². The SMILES string of the molecule is COc1ccc2c(c1)C=[C]CCO2. The lowest BCUT2D eigenvalue weighted by molar-refractivity contribution is 0.324. The van der Waals surface area contributed by atoms with Crippen molar-refractivity contribution in [2.45, 2.75) is 6.42 Å². The summed E-state index contributed by atoms with van der Waals surface area (Å²) < 4.78 is 10.6. The zero-order chi connectivity index (χ0) is 9.10. The van der Waals surface area contributed by atoms with Crippen molar-refractivity contribution in [2.75, 3.05) is 13.7 Å². The monoisotopic (exact) mass is 175 g/mol. The molecule has 1 aliphatic rings. The van der Waals surface area contributed by atoms with E-state index in [1.807, 2.05) is 24.3 Å². The Bertz CT molecular complexity index is 329. The fourth-order valence-corrected chi connectivity index (χ4v) is 1.30. The van der Waals surface area contributed by atoms with Crippen molar-refractivity contribution in [3.05, 3.63) is 29.8 Å². The number of methoxy groups -OCH3 is 1. The van der Waals surface area contributed by atoms with E-state index in [-0.39, 0.29) is 0 Å². The van der Waals surface area contributed by atoms with E-state index in [4.69, 9.17) is 9.47 Å². The molecule has 0 saturated heterocycles. The largest absolute Gasteiger partial charge is 0.497 e. The molecule has 13 heavy (non-hydrogen) atoms. The van der Waals surface area contributed by atoms with Crippen LogP contribution >= 0.6 is 0 Å². The average Bonchev–Trinajstić information content (AvgIpc) is 2.41. The summed E-state index contributed by atoms with van der Waals surface area (Å²) in [6.45, 7) is 0.704. The Morgan fingerprint density at radius 3 is 3.23 bits per heavy atom. The third-order valence-electron chi connectivity index (χ3n) is 1.98. The molecule has 0 unspecified atom stereocenters. The van der Waals surface area contributed by atoms with E-state index >= 15 is 0 Å². The predicted molar refractivity (Wildman–Crippen MR) is 50.8 cm³/mol. The number of ether oxygens (including phenoxy) is 2. The Labute approximate surface area is 77.8 Å².